The van der Waals surface area contributed by atoms with Gasteiger partial charge in [-0.2, -0.15) is 0 Å². The minimum Gasteiger partial charge on any atom is -0.376 e. The molecule has 2 N–H and O–H groups in total. The first-order valence-corrected chi connectivity index (χ1v) is 9.10. The van der Waals surface area contributed by atoms with Gasteiger partial charge in [0.2, 0.25) is 5.91 Å². The van der Waals surface area contributed by atoms with Crippen LogP contribution >= 0.6 is 11.6 Å². The fraction of sp³-hybridized carbons (Fsp3) is 0.300. The van der Waals surface area contributed by atoms with Gasteiger partial charge >= 0.3 is 0 Å². The molecule has 0 radical (unpaired) electrons. The molecule has 0 aliphatic carbocycles. The molecule has 136 valence electrons. The lowest BCUT2D eigenvalue weighted by Crippen LogP contribution is -2.27. The Morgan fingerprint density at radius 1 is 1.08 bits per heavy atom. The van der Waals surface area contributed by atoms with E-state index in [4.69, 9.17) is 11.6 Å². The fourth-order valence-electron chi connectivity index (χ4n) is 2.98. The molecular formula is C20H22ClN3O2. The van der Waals surface area contributed by atoms with Gasteiger partial charge in [-0.15, -0.1) is 0 Å². The Hall–Kier alpha value is -2.53. The minimum absolute atomic E-state index is 0.0541. The highest BCUT2D eigenvalue weighted by Crippen LogP contribution is 2.22. The van der Waals surface area contributed by atoms with Gasteiger partial charge in [-0.3, -0.25) is 9.59 Å². The Kier molecular flexibility index (Phi) is 5.78. The smallest absolute Gasteiger partial charge is 0.253 e. The summed E-state index contributed by atoms with van der Waals surface area (Å²) >= 11 is 6.07. The summed E-state index contributed by atoms with van der Waals surface area (Å²) in [5.74, 6) is -0.110. The predicted octanol–water partition coefficient (Wildman–Crippen LogP) is 3.94. The molecule has 3 rings (SSSR count). The van der Waals surface area contributed by atoms with Crippen LogP contribution in [0.15, 0.2) is 42.5 Å². The number of likely N-dealkylation sites (tertiary alicyclic amines) is 1. The largest absolute Gasteiger partial charge is 0.376 e. The molecule has 6 heteroatoms. The number of halogens is 1. The molecule has 2 aromatic rings. The number of carbonyl (C=O) groups is 2. The lowest BCUT2D eigenvalue weighted by Gasteiger charge is -2.15. The van der Waals surface area contributed by atoms with Crippen molar-refractivity contribution in [2.75, 3.05) is 30.3 Å². The second kappa shape index (κ2) is 8.23. The van der Waals surface area contributed by atoms with E-state index in [0.717, 1.165) is 37.2 Å². The molecule has 2 aromatic carbocycles. The van der Waals surface area contributed by atoms with Crippen molar-refractivity contribution in [1.82, 2.24) is 4.90 Å². The first kappa shape index (κ1) is 18.3. The molecular weight excluding hydrogens is 350 g/mol. The van der Waals surface area contributed by atoms with E-state index in [-0.39, 0.29) is 18.4 Å². The third kappa shape index (κ3) is 4.35. The molecule has 1 aliphatic heterocycles. The average Bonchev–Trinajstić information content (AvgIpc) is 3.18. The third-order valence-corrected chi connectivity index (χ3v) is 4.93. The van der Waals surface area contributed by atoms with Gasteiger partial charge in [0.25, 0.3) is 5.91 Å². The minimum atomic E-state index is -0.164. The van der Waals surface area contributed by atoms with Crippen LogP contribution in [-0.2, 0) is 4.79 Å². The van der Waals surface area contributed by atoms with Crippen molar-refractivity contribution in [3.8, 4) is 0 Å². The lowest BCUT2D eigenvalue weighted by molar-refractivity contribution is -0.114. The van der Waals surface area contributed by atoms with Crippen LogP contribution in [0.5, 0.6) is 0 Å². The van der Waals surface area contributed by atoms with Crippen LogP contribution in [0.2, 0.25) is 5.02 Å². The summed E-state index contributed by atoms with van der Waals surface area (Å²) in [4.78, 5) is 26.3. The number of nitrogens with zero attached hydrogens (tertiary/aromatic N) is 1. The average molecular weight is 372 g/mol. The maximum atomic E-state index is 12.3. The van der Waals surface area contributed by atoms with E-state index in [9.17, 15) is 9.59 Å². The van der Waals surface area contributed by atoms with Crippen LogP contribution < -0.4 is 10.6 Å². The first-order chi connectivity index (χ1) is 12.5. The topological polar surface area (TPSA) is 61.4 Å². The van der Waals surface area contributed by atoms with Gasteiger partial charge in [-0.1, -0.05) is 17.7 Å². The standard InChI is InChI=1S/C20H22ClN3O2/c1-14-17(21)5-4-6-18(14)22-13-19(25)23-16-9-7-15(8-10-16)20(26)24-11-2-3-12-24/h4-10,22H,2-3,11-13H2,1H3,(H,23,25). The van der Waals surface area contributed by atoms with E-state index in [2.05, 4.69) is 10.6 Å². The summed E-state index contributed by atoms with van der Waals surface area (Å²) in [6, 6.07) is 12.6. The number of rotatable bonds is 5. The molecule has 2 amide bonds. The Labute approximate surface area is 158 Å². The molecule has 0 bridgehead atoms. The zero-order valence-electron chi connectivity index (χ0n) is 14.7. The van der Waals surface area contributed by atoms with Crippen molar-refractivity contribution in [3.05, 3.63) is 58.6 Å². The van der Waals surface area contributed by atoms with Crippen molar-refractivity contribution >= 4 is 34.8 Å². The summed E-state index contributed by atoms with van der Waals surface area (Å²) in [6.45, 7) is 3.69. The van der Waals surface area contributed by atoms with Crippen molar-refractivity contribution < 1.29 is 9.59 Å². The van der Waals surface area contributed by atoms with Gasteiger partial charge in [0, 0.05) is 35.1 Å². The van der Waals surface area contributed by atoms with Crippen molar-refractivity contribution in [3.63, 3.8) is 0 Å². The monoisotopic (exact) mass is 371 g/mol. The summed E-state index contributed by atoms with van der Waals surface area (Å²) < 4.78 is 0. The fourth-order valence-corrected chi connectivity index (χ4v) is 3.15. The molecule has 1 aliphatic rings. The van der Waals surface area contributed by atoms with E-state index in [1.54, 1.807) is 24.3 Å². The van der Waals surface area contributed by atoms with Crippen LogP contribution in [-0.4, -0.2) is 36.3 Å². The molecule has 5 nitrogen and oxygen atoms in total. The van der Waals surface area contributed by atoms with Crippen LogP contribution in [0.3, 0.4) is 0 Å². The maximum absolute atomic E-state index is 12.3. The molecule has 0 spiro atoms. The maximum Gasteiger partial charge on any atom is 0.253 e. The third-order valence-electron chi connectivity index (χ3n) is 4.52. The molecule has 1 heterocycles. The first-order valence-electron chi connectivity index (χ1n) is 8.73. The van der Waals surface area contributed by atoms with Gasteiger partial charge in [0.05, 0.1) is 6.54 Å². The Balaban J connectivity index is 1.54. The Morgan fingerprint density at radius 2 is 1.77 bits per heavy atom. The summed E-state index contributed by atoms with van der Waals surface area (Å²) in [6.07, 6.45) is 2.14. The van der Waals surface area contributed by atoms with Gasteiger partial charge in [-0.05, 0) is 61.7 Å². The number of hydrogen-bond acceptors (Lipinski definition) is 3. The molecule has 1 saturated heterocycles. The zero-order valence-corrected chi connectivity index (χ0v) is 15.5. The van der Waals surface area contributed by atoms with Gasteiger partial charge in [-0.25, -0.2) is 0 Å². The highest BCUT2D eigenvalue weighted by molar-refractivity contribution is 6.31. The van der Waals surface area contributed by atoms with E-state index in [1.165, 1.54) is 0 Å². The quantitative estimate of drug-likeness (QED) is 0.837. The number of anilines is 2. The van der Waals surface area contributed by atoms with E-state index in [0.29, 0.717) is 16.3 Å². The van der Waals surface area contributed by atoms with Crippen LogP contribution in [0.25, 0.3) is 0 Å². The van der Waals surface area contributed by atoms with E-state index < -0.39 is 0 Å². The van der Waals surface area contributed by atoms with Crippen LogP contribution in [0.1, 0.15) is 28.8 Å². The summed E-state index contributed by atoms with van der Waals surface area (Å²) in [5.41, 5.74) is 3.06. The normalized spacial score (nSPS) is 13.5. The van der Waals surface area contributed by atoms with Crippen molar-refractivity contribution in [1.29, 1.82) is 0 Å². The number of benzene rings is 2. The van der Waals surface area contributed by atoms with Gasteiger partial charge < -0.3 is 15.5 Å². The lowest BCUT2D eigenvalue weighted by atomic mass is 10.2. The molecule has 0 saturated carbocycles. The van der Waals surface area contributed by atoms with Gasteiger partial charge in [0.1, 0.15) is 0 Å². The highest BCUT2D eigenvalue weighted by atomic mass is 35.5. The number of amides is 2. The molecule has 0 unspecified atom stereocenters. The second-order valence-electron chi connectivity index (χ2n) is 6.39. The summed E-state index contributed by atoms with van der Waals surface area (Å²) in [7, 11) is 0. The van der Waals surface area contributed by atoms with Crippen molar-refractivity contribution in [2.45, 2.75) is 19.8 Å². The number of nitrogens with one attached hydrogen (secondary N) is 2. The van der Waals surface area contributed by atoms with E-state index >= 15 is 0 Å². The molecule has 1 fully saturated rings. The SMILES string of the molecule is Cc1c(Cl)cccc1NCC(=O)Nc1ccc(C(=O)N2CCCC2)cc1. The van der Waals surface area contributed by atoms with Crippen LogP contribution in [0, 0.1) is 6.92 Å². The van der Waals surface area contributed by atoms with Crippen LogP contribution in [0.4, 0.5) is 11.4 Å². The molecule has 0 aromatic heterocycles. The zero-order chi connectivity index (χ0) is 18.5. The molecule has 26 heavy (non-hydrogen) atoms. The predicted molar refractivity (Wildman–Crippen MR) is 105 cm³/mol. The van der Waals surface area contributed by atoms with E-state index in [1.807, 2.05) is 30.0 Å². The Bertz CT molecular complexity index is 799. The summed E-state index contributed by atoms with van der Waals surface area (Å²) in [5, 5.41) is 6.57. The Morgan fingerprint density at radius 3 is 2.46 bits per heavy atom. The highest BCUT2D eigenvalue weighted by Gasteiger charge is 2.19. The number of hydrogen-bond donors (Lipinski definition) is 2. The van der Waals surface area contributed by atoms with Crippen molar-refractivity contribution in [2.24, 2.45) is 0 Å². The van der Waals surface area contributed by atoms with Gasteiger partial charge in [0.15, 0.2) is 0 Å². The number of carbonyl (C=O) groups excluding carboxylic acids is 2. The molecule has 0 atom stereocenters. The second-order valence-corrected chi connectivity index (χ2v) is 6.80.